The van der Waals surface area contributed by atoms with Gasteiger partial charge in [0.2, 0.25) is 0 Å². The molecule has 5 nitrogen and oxygen atoms in total. The second kappa shape index (κ2) is 4.10. The zero-order valence-corrected chi connectivity index (χ0v) is 9.74. The number of carbonyl (C=O) groups is 1. The van der Waals surface area contributed by atoms with Gasteiger partial charge in [-0.25, -0.2) is 0 Å². The lowest BCUT2D eigenvalue weighted by atomic mass is 10.1. The highest BCUT2D eigenvalue weighted by molar-refractivity contribution is 6.99. The summed E-state index contributed by atoms with van der Waals surface area (Å²) in [5.41, 5.74) is 0.489. The van der Waals surface area contributed by atoms with Crippen molar-refractivity contribution in [2.45, 2.75) is 31.3 Å². The highest BCUT2D eigenvalue weighted by atomic mass is 32.1. The normalized spacial score (nSPS) is 29.1. The molecule has 2 bridgehead atoms. The molecule has 1 aromatic rings. The molecule has 1 N–H and O–H groups in total. The third-order valence-corrected chi connectivity index (χ3v) is 3.87. The van der Waals surface area contributed by atoms with E-state index in [2.05, 4.69) is 14.1 Å². The Labute approximate surface area is 98.2 Å². The van der Waals surface area contributed by atoms with E-state index in [0.29, 0.717) is 17.8 Å². The number of aromatic nitrogens is 2. The van der Waals surface area contributed by atoms with Gasteiger partial charge < -0.3 is 10.2 Å². The third kappa shape index (κ3) is 1.82. The van der Waals surface area contributed by atoms with E-state index in [1.54, 1.807) is 6.20 Å². The maximum absolute atomic E-state index is 12.1. The number of amides is 1. The maximum Gasteiger partial charge on any atom is 0.275 e. The van der Waals surface area contributed by atoms with Crippen LogP contribution in [0.15, 0.2) is 6.20 Å². The quantitative estimate of drug-likeness (QED) is 0.774. The Morgan fingerprint density at radius 3 is 3.12 bits per heavy atom. The number of hydrogen-bond acceptors (Lipinski definition) is 5. The van der Waals surface area contributed by atoms with E-state index in [9.17, 15) is 4.79 Å². The Morgan fingerprint density at radius 1 is 1.44 bits per heavy atom. The van der Waals surface area contributed by atoms with Crippen molar-refractivity contribution in [1.82, 2.24) is 19.0 Å². The van der Waals surface area contributed by atoms with Crippen LogP contribution in [0.5, 0.6) is 0 Å². The van der Waals surface area contributed by atoms with Crippen LogP contribution in [0, 0.1) is 0 Å². The molecule has 1 amide bonds. The Kier molecular flexibility index (Phi) is 2.61. The van der Waals surface area contributed by atoms with Crippen LogP contribution in [0.3, 0.4) is 0 Å². The van der Waals surface area contributed by atoms with Gasteiger partial charge in [0.05, 0.1) is 17.9 Å². The van der Waals surface area contributed by atoms with E-state index in [1.807, 2.05) is 4.90 Å². The molecule has 0 aromatic carbocycles. The topological polar surface area (TPSA) is 58.1 Å². The Morgan fingerprint density at radius 2 is 2.31 bits per heavy atom. The first-order valence-electron chi connectivity index (χ1n) is 5.66. The van der Waals surface area contributed by atoms with Gasteiger partial charge in [-0.1, -0.05) is 0 Å². The van der Waals surface area contributed by atoms with Crippen molar-refractivity contribution in [3.05, 3.63) is 11.9 Å². The van der Waals surface area contributed by atoms with Crippen molar-refractivity contribution in [3.63, 3.8) is 0 Å². The van der Waals surface area contributed by atoms with Crippen molar-refractivity contribution in [2.24, 2.45) is 0 Å². The van der Waals surface area contributed by atoms with Gasteiger partial charge in [0, 0.05) is 25.2 Å². The summed E-state index contributed by atoms with van der Waals surface area (Å²) in [6.45, 7) is 1.65. The number of carbonyl (C=O) groups excluding carboxylic acids is 1. The second-order valence-corrected chi connectivity index (χ2v) is 5.03. The van der Waals surface area contributed by atoms with Gasteiger partial charge in [0.25, 0.3) is 5.91 Å². The molecule has 16 heavy (non-hydrogen) atoms. The molecule has 2 fully saturated rings. The Hall–Kier alpha value is -1.01. The number of rotatable bonds is 1. The zero-order chi connectivity index (χ0) is 11.0. The van der Waals surface area contributed by atoms with Crippen LogP contribution in [-0.2, 0) is 0 Å². The molecule has 3 rings (SSSR count). The fourth-order valence-electron chi connectivity index (χ4n) is 2.55. The Balaban J connectivity index is 1.73. The molecule has 0 saturated carbocycles. The molecule has 2 aliphatic rings. The number of fused-ring (bicyclic) bond motifs is 2. The molecule has 0 spiro atoms. The van der Waals surface area contributed by atoms with Crippen molar-refractivity contribution in [3.8, 4) is 0 Å². The fraction of sp³-hybridized carbons (Fsp3) is 0.700. The summed E-state index contributed by atoms with van der Waals surface area (Å²) < 4.78 is 7.88. The lowest BCUT2D eigenvalue weighted by Gasteiger charge is -2.23. The number of nitrogens with zero attached hydrogens (tertiary/aromatic N) is 3. The summed E-state index contributed by atoms with van der Waals surface area (Å²) in [7, 11) is 0. The molecule has 2 aliphatic heterocycles. The van der Waals surface area contributed by atoms with Crippen molar-refractivity contribution < 1.29 is 4.79 Å². The number of likely N-dealkylation sites (tertiary alicyclic amines) is 1. The van der Waals surface area contributed by atoms with Gasteiger partial charge in [-0.3, -0.25) is 4.79 Å². The average molecular weight is 238 g/mol. The third-order valence-electron chi connectivity index (χ3n) is 3.39. The zero-order valence-electron chi connectivity index (χ0n) is 8.93. The molecule has 3 heterocycles. The number of nitrogens with one attached hydrogen (secondary N) is 1. The highest BCUT2D eigenvalue weighted by Gasteiger charge is 2.31. The van der Waals surface area contributed by atoms with Crippen LogP contribution >= 0.6 is 11.7 Å². The summed E-state index contributed by atoms with van der Waals surface area (Å²) in [5.74, 6) is 0.0306. The molecule has 86 valence electrons. The smallest absolute Gasteiger partial charge is 0.275 e. The first-order chi connectivity index (χ1) is 7.83. The fourth-order valence-corrected chi connectivity index (χ4v) is 2.96. The van der Waals surface area contributed by atoms with Crippen LogP contribution in [0.4, 0.5) is 0 Å². The van der Waals surface area contributed by atoms with Crippen LogP contribution in [-0.4, -0.2) is 44.7 Å². The van der Waals surface area contributed by atoms with E-state index in [-0.39, 0.29) is 5.91 Å². The van der Waals surface area contributed by atoms with Gasteiger partial charge in [0.1, 0.15) is 0 Å². The number of hydrogen-bond donors (Lipinski definition) is 1. The lowest BCUT2D eigenvalue weighted by Crippen LogP contribution is -2.39. The minimum atomic E-state index is 0.0306. The predicted octanol–water partition coefficient (Wildman–Crippen LogP) is 0.505. The lowest BCUT2D eigenvalue weighted by molar-refractivity contribution is 0.0743. The first kappa shape index (κ1) is 10.2. The summed E-state index contributed by atoms with van der Waals surface area (Å²) in [6.07, 6.45) is 5.05. The van der Waals surface area contributed by atoms with Crippen LogP contribution in [0.2, 0.25) is 0 Å². The molecular weight excluding hydrogens is 224 g/mol. The largest absolute Gasteiger partial charge is 0.336 e. The van der Waals surface area contributed by atoms with Gasteiger partial charge in [-0.2, -0.15) is 8.75 Å². The molecule has 2 unspecified atom stereocenters. The predicted molar refractivity (Wildman–Crippen MR) is 60.4 cm³/mol. The van der Waals surface area contributed by atoms with E-state index >= 15 is 0 Å². The molecule has 2 atom stereocenters. The molecular formula is C10H14N4OS. The highest BCUT2D eigenvalue weighted by Crippen LogP contribution is 2.21. The molecule has 1 aromatic heterocycles. The van der Waals surface area contributed by atoms with E-state index < -0.39 is 0 Å². The standard InChI is InChI=1S/C10H14N4OS/c15-10(9-5-11-16-13-9)14-4-3-7-1-2-8(6-14)12-7/h5,7-8,12H,1-4,6H2. The van der Waals surface area contributed by atoms with Gasteiger partial charge >= 0.3 is 0 Å². The van der Waals surface area contributed by atoms with Gasteiger partial charge in [-0.15, -0.1) is 0 Å². The molecule has 2 saturated heterocycles. The average Bonchev–Trinajstić information content (AvgIpc) is 2.87. The monoisotopic (exact) mass is 238 g/mol. The SMILES string of the molecule is O=C(c1cnsn1)N1CCC2CCC(C1)N2. The van der Waals surface area contributed by atoms with Gasteiger partial charge in [-0.05, 0) is 19.3 Å². The first-order valence-corrected chi connectivity index (χ1v) is 6.39. The minimum absolute atomic E-state index is 0.0306. The summed E-state index contributed by atoms with van der Waals surface area (Å²) in [5, 5.41) is 3.56. The molecule has 0 aliphatic carbocycles. The van der Waals surface area contributed by atoms with E-state index in [1.165, 1.54) is 12.8 Å². The van der Waals surface area contributed by atoms with Crippen molar-refractivity contribution in [2.75, 3.05) is 13.1 Å². The van der Waals surface area contributed by atoms with Gasteiger partial charge in [0.15, 0.2) is 5.69 Å². The minimum Gasteiger partial charge on any atom is -0.336 e. The van der Waals surface area contributed by atoms with Crippen LogP contribution in [0.25, 0.3) is 0 Å². The molecule has 6 heteroatoms. The Bertz CT molecular complexity index is 380. The van der Waals surface area contributed by atoms with Crippen LogP contribution < -0.4 is 5.32 Å². The van der Waals surface area contributed by atoms with Crippen LogP contribution in [0.1, 0.15) is 29.8 Å². The van der Waals surface area contributed by atoms with Crippen molar-refractivity contribution >= 4 is 17.6 Å². The summed E-state index contributed by atoms with van der Waals surface area (Å²) >= 11 is 1.09. The van der Waals surface area contributed by atoms with Crippen molar-refractivity contribution in [1.29, 1.82) is 0 Å². The van der Waals surface area contributed by atoms with E-state index in [0.717, 1.165) is 31.2 Å². The second-order valence-electron chi connectivity index (χ2n) is 4.47. The molecule has 0 radical (unpaired) electrons. The van der Waals surface area contributed by atoms with E-state index in [4.69, 9.17) is 0 Å². The summed E-state index contributed by atoms with van der Waals surface area (Å²) in [6, 6.07) is 1.08. The summed E-state index contributed by atoms with van der Waals surface area (Å²) in [4.78, 5) is 14.0. The maximum atomic E-state index is 12.1.